The lowest BCUT2D eigenvalue weighted by atomic mass is 9.97. The first-order valence-electron chi connectivity index (χ1n) is 9.22. The second-order valence-electron chi connectivity index (χ2n) is 7.77. The number of piperidine rings is 1. The summed E-state index contributed by atoms with van der Waals surface area (Å²) in [4.78, 5) is 19.0. The SMILES string of the molecule is Cc1nc(C)n(C[C@@H]2CCCN(CC(=O)N[C@@](C)(C#N)C3CC3)C2)n1. The molecule has 1 saturated heterocycles. The van der Waals surface area contributed by atoms with Crippen LogP contribution >= 0.6 is 0 Å². The second kappa shape index (κ2) is 7.12. The van der Waals surface area contributed by atoms with Gasteiger partial charge < -0.3 is 5.32 Å². The molecule has 2 heterocycles. The van der Waals surface area contributed by atoms with Crippen LogP contribution < -0.4 is 5.32 Å². The summed E-state index contributed by atoms with van der Waals surface area (Å²) >= 11 is 0. The van der Waals surface area contributed by atoms with Crippen molar-refractivity contribution in [3.05, 3.63) is 11.6 Å². The van der Waals surface area contributed by atoms with Gasteiger partial charge in [0.05, 0.1) is 12.6 Å². The lowest BCUT2D eigenvalue weighted by molar-refractivity contribution is -0.124. The number of nitriles is 1. The van der Waals surface area contributed by atoms with E-state index < -0.39 is 5.54 Å². The van der Waals surface area contributed by atoms with E-state index in [4.69, 9.17) is 0 Å². The monoisotopic (exact) mass is 344 g/mol. The fourth-order valence-electron chi connectivity index (χ4n) is 3.84. The molecule has 0 unspecified atom stereocenters. The molecule has 1 amide bonds. The third-order valence-electron chi connectivity index (χ3n) is 5.39. The number of carbonyl (C=O) groups is 1. The predicted molar refractivity (Wildman–Crippen MR) is 93.5 cm³/mol. The quantitative estimate of drug-likeness (QED) is 0.843. The first-order chi connectivity index (χ1) is 11.9. The van der Waals surface area contributed by atoms with Crippen LogP contribution in [0.4, 0.5) is 0 Å². The molecule has 1 aromatic heterocycles. The Kier molecular flexibility index (Phi) is 5.09. The number of hydrogen-bond acceptors (Lipinski definition) is 5. The normalized spacial score (nSPS) is 23.7. The summed E-state index contributed by atoms with van der Waals surface area (Å²) in [6.07, 6.45) is 4.30. The lowest BCUT2D eigenvalue weighted by Crippen LogP contribution is -2.51. The van der Waals surface area contributed by atoms with Gasteiger partial charge in [-0.15, -0.1) is 0 Å². The third kappa shape index (κ3) is 4.37. The van der Waals surface area contributed by atoms with Crippen molar-refractivity contribution in [1.82, 2.24) is 25.0 Å². The molecule has 2 aliphatic rings. The molecule has 7 nitrogen and oxygen atoms in total. The van der Waals surface area contributed by atoms with Crippen LogP contribution in [0.2, 0.25) is 0 Å². The molecule has 1 aromatic rings. The largest absolute Gasteiger partial charge is 0.337 e. The Morgan fingerprint density at radius 1 is 1.40 bits per heavy atom. The Balaban J connectivity index is 1.52. The lowest BCUT2D eigenvalue weighted by Gasteiger charge is -2.33. The molecule has 2 fully saturated rings. The number of aromatic nitrogens is 3. The molecule has 7 heteroatoms. The average molecular weight is 344 g/mol. The summed E-state index contributed by atoms with van der Waals surface area (Å²) in [6.45, 7) is 8.78. The van der Waals surface area contributed by atoms with Crippen molar-refractivity contribution in [2.75, 3.05) is 19.6 Å². The third-order valence-corrected chi connectivity index (χ3v) is 5.39. The van der Waals surface area contributed by atoms with Crippen LogP contribution in [0.15, 0.2) is 0 Å². The number of nitrogens with one attached hydrogen (secondary N) is 1. The van der Waals surface area contributed by atoms with E-state index in [1.54, 1.807) is 0 Å². The molecule has 0 bridgehead atoms. The van der Waals surface area contributed by atoms with E-state index in [0.717, 1.165) is 57.0 Å². The summed E-state index contributed by atoms with van der Waals surface area (Å²) in [7, 11) is 0. The number of carbonyl (C=O) groups excluding carboxylic acids is 1. The topological polar surface area (TPSA) is 86.8 Å². The minimum absolute atomic E-state index is 0.0376. The highest BCUT2D eigenvalue weighted by atomic mass is 16.2. The van der Waals surface area contributed by atoms with Crippen LogP contribution in [0.3, 0.4) is 0 Å². The molecule has 1 N–H and O–H groups in total. The molecule has 3 rings (SSSR count). The average Bonchev–Trinajstić information content (AvgIpc) is 3.35. The molecule has 1 aliphatic heterocycles. The van der Waals surface area contributed by atoms with Crippen molar-refractivity contribution in [2.24, 2.45) is 11.8 Å². The second-order valence-corrected chi connectivity index (χ2v) is 7.77. The van der Waals surface area contributed by atoms with E-state index in [2.05, 4.69) is 26.4 Å². The van der Waals surface area contributed by atoms with E-state index in [1.165, 1.54) is 0 Å². The van der Waals surface area contributed by atoms with Gasteiger partial charge in [-0.3, -0.25) is 9.69 Å². The maximum atomic E-state index is 12.4. The molecular weight excluding hydrogens is 316 g/mol. The summed E-state index contributed by atoms with van der Waals surface area (Å²) < 4.78 is 1.98. The highest BCUT2D eigenvalue weighted by Crippen LogP contribution is 2.39. The Morgan fingerprint density at radius 2 is 2.16 bits per heavy atom. The van der Waals surface area contributed by atoms with Gasteiger partial charge in [0.15, 0.2) is 0 Å². The highest BCUT2D eigenvalue weighted by Gasteiger charge is 2.43. The van der Waals surface area contributed by atoms with Crippen molar-refractivity contribution >= 4 is 5.91 Å². The van der Waals surface area contributed by atoms with Crippen molar-refractivity contribution in [1.29, 1.82) is 5.26 Å². The zero-order valence-electron chi connectivity index (χ0n) is 15.5. The molecule has 1 aliphatic carbocycles. The van der Waals surface area contributed by atoms with Gasteiger partial charge in [-0.2, -0.15) is 10.4 Å². The van der Waals surface area contributed by atoms with Crippen LogP contribution in [0, 0.1) is 37.0 Å². The van der Waals surface area contributed by atoms with Gasteiger partial charge in [-0.25, -0.2) is 9.67 Å². The standard InChI is InChI=1S/C18H28N6O/c1-13-20-14(2)24(22-13)10-15-5-4-8-23(9-15)11-17(25)21-18(3,12-19)16-6-7-16/h15-16H,4-11H2,1-3H3,(H,21,25)/t15-,18+/m1/s1. The van der Waals surface area contributed by atoms with Crippen LogP contribution in [0.25, 0.3) is 0 Å². The summed E-state index contributed by atoms with van der Waals surface area (Å²) in [6, 6.07) is 2.29. The van der Waals surface area contributed by atoms with Crippen molar-refractivity contribution < 1.29 is 4.79 Å². The predicted octanol–water partition coefficient (Wildman–Crippen LogP) is 1.42. The zero-order valence-corrected chi connectivity index (χ0v) is 15.5. The molecule has 0 spiro atoms. The minimum Gasteiger partial charge on any atom is -0.337 e. The summed E-state index contributed by atoms with van der Waals surface area (Å²) in [5.74, 6) is 2.51. The fourth-order valence-corrected chi connectivity index (χ4v) is 3.84. The number of amides is 1. The van der Waals surface area contributed by atoms with E-state index in [1.807, 2.05) is 25.5 Å². The summed E-state index contributed by atoms with van der Waals surface area (Å²) in [5.41, 5.74) is -0.707. The summed E-state index contributed by atoms with van der Waals surface area (Å²) in [5, 5.41) is 16.8. The van der Waals surface area contributed by atoms with Gasteiger partial charge in [-0.1, -0.05) is 0 Å². The first kappa shape index (κ1) is 17.9. The fraction of sp³-hybridized carbons (Fsp3) is 0.778. The maximum Gasteiger partial charge on any atom is 0.235 e. The van der Waals surface area contributed by atoms with Crippen LogP contribution in [0.1, 0.15) is 44.3 Å². The molecule has 1 saturated carbocycles. The van der Waals surface area contributed by atoms with E-state index >= 15 is 0 Å². The van der Waals surface area contributed by atoms with Gasteiger partial charge in [0.2, 0.25) is 5.91 Å². The van der Waals surface area contributed by atoms with Crippen molar-refractivity contribution in [3.63, 3.8) is 0 Å². The van der Waals surface area contributed by atoms with Gasteiger partial charge >= 0.3 is 0 Å². The van der Waals surface area contributed by atoms with E-state index in [0.29, 0.717) is 18.4 Å². The number of rotatable bonds is 6. The van der Waals surface area contributed by atoms with E-state index in [-0.39, 0.29) is 5.91 Å². The van der Waals surface area contributed by atoms with Crippen LogP contribution in [-0.4, -0.2) is 50.7 Å². The number of nitrogens with zero attached hydrogens (tertiary/aromatic N) is 5. The highest BCUT2D eigenvalue weighted by molar-refractivity contribution is 5.79. The van der Waals surface area contributed by atoms with Crippen LogP contribution in [0.5, 0.6) is 0 Å². The molecule has 25 heavy (non-hydrogen) atoms. The molecule has 0 aromatic carbocycles. The van der Waals surface area contributed by atoms with Gasteiger partial charge in [0.25, 0.3) is 0 Å². The smallest absolute Gasteiger partial charge is 0.235 e. The van der Waals surface area contributed by atoms with Gasteiger partial charge in [0, 0.05) is 13.1 Å². The number of aryl methyl sites for hydroxylation is 2. The molecule has 136 valence electrons. The van der Waals surface area contributed by atoms with Gasteiger partial charge in [-0.05, 0) is 64.8 Å². The number of likely N-dealkylation sites (tertiary alicyclic amines) is 1. The Bertz CT molecular complexity index is 674. The Morgan fingerprint density at radius 3 is 2.76 bits per heavy atom. The zero-order chi connectivity index (χ0) is 18.0. The first-order valence-corrected chi connectivity index (χ1v) is 9.22. The number of hydrogen-bond donors (Lipinski definition) is 1. The maximum absolute atomic E-state index is 12.4. The van der Waals surface area contributed by atoms with Crippen LogP contribution in [-0.2, 0) is 11.3 Å². The minimum atomic E-state index is -0.707. The van der Waals surface area contributed by atoms with E-state index in [9.17, 15) is 10.1 Å². The van der Waals surface area contributed by atoms with Crippen molar-refractivity contribution in [2.45, 2.75) is 58.5 Å². The van der Waals surface area contributed by atoms with Gasteiger partial charge in [0.1, 0.15) is 17.2 Å². The van der Waals surface area contributed by atoms with Crippen molar-refractivity contribution in [3.8, 4) is 6.07 Å². The molecule has 2 atom stereocenters. The molecule has 0 radical (unpaired) electrons. The Labute approximate surface area is 149 Å². The Hall–Kier alpha value is -1.94. The molecular formula is C18H28N6O.